The summed E-state index contributed by atoms with van der Waals surface area (Å²) in [5, 5.41) is 0. The van der Waals surface area contributed by atoms with Gasteiger partial charge < -0.3 is 0 Å². The summed E-state index contributed by atoms with van der Waals surface area (Å²) in [5.41, 5.74) is 0.803. The van der Waals surface area contributed by atoms with Crippen molar-refractivity contribution >= 4 is 11.6 Å². The van der Waals surface area contributed by atoms with Crippen molar-refractivity contribution in [2.24, 2.45) is 5.41 Å². The maximum atomic E-state index is 11.5. The third-order valence-corrected chi connectivity index (χ3v) is 3.15. The number of rotatable bonds is 0. The normalized spacial score (nSPS) is 34.9. The zero-order valence-electron chi connectivity index (χ0n) is 7.22. The van der Waals surface area contributed by atoms with Crippen LogP contribution in [0.1, 0.15) is 32.6 Å². The second-order valence-electron chi connectivity index (χ2n) is 3.89. The molecule has 1 fully saturated rings. The van der Waals surface area contributed by atoms with E-state index in [0.717, 1.165) is 18.4 Å². The molecule has 2 heteroatoms. The largest absolute Gasteiger partial charge is 0.299 e. The molecule has 0 saturated heterocycles. The molecule has 0 aromatic heterocycles. The molecule has 2 aliphatic carbocycles. The Morgan fingerprint density at radius 3 is 2.75 bits per heavy atom. The van der Waals surface area contributed by atoms with Crippen molar-refractivity contribution in [3.05, 3.63) is 11.6 Å². The lowest BCUT2D eigenvalue weighted by Crippen LogP contribution is -2.27. The molecule has 0 aromatic rings. The third-order valence-electron chi connectivity index (χ3n) is 3.15. The average molecular weight is 164 g/mol. The highest BCUT2D eigenvalue weighted by molar-refractivity contribution is 5.99. The van der Waals surface area contributed by atoms with Crippen molar-refractivity contribution in [3.8, 4) is 0 Å². The Kier molecular flexibility index (Phi) is 1.47. The fourth-order valence-corrected chi connectivity index (χ4v) is 2.15. The van der Waals surface area contributed by atoms with Gasteiger partial charge >= 0.3 is 0 Å². The van der Waals surface area contributed by atoms with E-state index in [0.29, 0.717) is 18.6 Å². The zero-order valence-corrected chi connectivity index (χ0v) is 7.22. The number of hydrogen-bond acceptors (Lipinski definition) is 2. The lowest BCUT2D eigenvalue weighted by atomic mass is 9.75. The van der Waals surface area contributed by atoms with E-state index in [-0.39, 0.29) is 11.2 Å². The summed E-state index contributed by atoms with van der Waals surface area (Å²) in [7, 11) is 0. The summed E-state index contributed by atoms with van der Waals surface area (Å²) in [4.78, 5) is 22.6. The van der Waals surface area contributed by atoms with E-state index in [4.69, 9.17) is 0 Å². The van der Waals surface area contributed by atoms with Crippen LogP contribution in [0.4, 0.5) is 0 Å². The minimum Gasteiger partial charge on any atom is -0.299 e. The number of Topliss-reactive ketones (excluding diaryl/α,β-unsaturated/α-hetero) is 1. The minimum atomic E-state index is -0.270. The van der Waals surface area contributed by atoms with Crippen LogP contribution in [0, 0.1) is 5.41 Å². The molecule has 1 atom stereocenters. The summed E-state index contributed by atoms with van der Waals surface area (Å²) in [6, 6.07) is 0. The van der Waals surface area contributed by atoms with Crippen LogP contribution in [-0.2, 0) is 9.59 Å². The number of hydrogen-bond donors (Lipinski definition) is 0. The Bertz CT molecular complexity index is 288. The van der Waals surface area contributed by atoms with Crippen LogP contribution >= 0.6 is 0 Å². The Labute approximate surface area is 71.6 Å². The van der Waals surface area contributed by atoms with Gasteiger partial charge in [0.05, 0.1) is 0 Å². The molecule has 0 bridgehead atoms. The first-order chi connectivity index (χ1) is 5.63. The Balaban J connectivity index is 2.43. The fourth-order valence-electron chi connectivity index (χ4n) is 2.15. The van der Waals surface area contributed by atoms with Gasteiger partial charge in [0, 0.05) is 18.3 Å². The van der Waals surface area contributed by atoms with Crippen molar-refractivity contribution in [1.82, 2.24) is 0 Å². The SMILES string of the molecule is CC12CCC(=O)C=C1CCC2=O. The molecule has 2 nitrogen and oxygen atoms in total. The van der Waals surface area contributed by atoms with Gasteiger partial charge in [0.25, 0.3) is 0 Å². The fraction of sp³-hybridized carbons (Fsp3) is 0.600. The number of allylic oxidation sites excluding steroid dienone is 2. The first-order valence-corrected chi connectivity index (χ1v) is 4.40. The predicted octanol–water partition coefficient (Wildman–Crippen LogP) is 1.64. The van der Waals surface area contributed by atoms with Gasteiger partial charge in [-0.1, -0.05) is 5.57 Å². The van der Waals surface area contributed by atoms with Crippen LogP contribution < -0.4 is 0 Å². The van der Waals surface area contributed by atoms with Crippen molar-refractivity contribution in [3.63, 3.8) is 0 Å². The molecule has 2 aliphatic rings. The van der Waals surface area contributed by atoms with Crippen LogP contribution in [0.3, 0.4) is 0 Å². The van der Waals surface area contributed by atoms with Crippen LogP contribution in [-0.4, -0.2) is 11.6 Å². The van der Waals surface area contributed by atoms with Crippen LogP contribution in [0.15, 0.2) is 11.6 Å². The number of ketones is 2. The molecular formula is C10H12O2. The quantitative estimate of drug-likeness (QED) is 0.545. The maximum Gasteiger partial charge on any atom is 0.155 e. The molecule has 0 radical (unpaired) electrons. The van der Waals surface area contributed by atoms with Gasteiger partial charge in [-0.2, -0.15) is 0 Å². The lowest BCUT2D eigenvalue weighted by Gasteiger charge is -2.27. The van der Waals surface area contributed by atoms with Gasteiger partial charge in [0.2, 0.25) is 0 Å². The summed E-state index contributed by atoms with van der Waals surface area (Å²) in [6.07, 6.45) is 4.41. The molecule has 1 saturated carbocycles. The van der Waals surface area contributed by atoms with E-state index in [9.17, 15) is 9.59 Å². The summed E-state index contributed by atoms with van der Waals surface area (Å²) >= 11 is 0. The molecule has 64 valence electrons. The molecule has 0 amide bonds. The predicted molar refractivity (Wildman–Crippen MR) is 44.7 cm³/mol. The van der Waals surface area contributed by atoms with Gasteiger partial charge in [-0.3, -0.25) is 9.59 Å². The first kappa shape index (κ1) is 7.71. The van der Waals surface area contributed by atoms with Crippen molar-refractivity contribution in [2.75, 3.05) is 0 Å². The van der Waals surface area contributed by atoms with Crippen LogP contribution in [0.25, 0.3) is 0 Å². The number of fused-ring (bicyclic) bond motifs is 1. The Morgan fingerprint density at radius 2 is 2.00 bits per heavy atom. The Hall–Kier alpha value is -0.920. The monoisotopic (exact) mass is 164 g/mol. The second-order valence-corrected chi connectivity index (χ2v) is 3.89. The molecule has 12 heavy (non-hydrogen) atoms. The average Bonchev–Trinajstić information content (AvgIpc) is 2.31. The highest BCUT2D eigenvalue weighted by atomic mass is 16.1. The van der Waals surface area contributed by atoms with E-state index in [1.807, 2.05) is 6.92 Å². The molecule has 0 spiro atoms. The second kappa shape index (κ2) is 2.28. The molecule has 0 aliphatic heterocycles. The maximum absolute atomic E-state index is 11.5. The van der Waals surface area contributed by atoms with Crippen LogP contribution in [0.5, 0.6) is 0 Å². The van der Waals surface area contributed by atoms with Crippen molar-refractivity contribution in [2.45, 2.75) is 32.6 Å². The molecule has 0 heterocycles. The third kappa shape index (κ3) is 0.872. The highest BCUT2D eigenvalue weighted by Gasteiger charge is 2.43. The summed E-state index contributed by atoms with van der Waals surface area (Å²) in [6.45, 7) is 1.97. The van der Waals surface area contributed by atoms with E-state index in [1.165, 1.54) is 0 Å². The standard InChI is InChI=1S/C10H12O2/c1-10-5-4-8(11)6-7(10)2-3-9(10)12/h6H,2-5H2,1H3. The number of carbonyl (C=O) groups is 2. The summed E-state index contributed by atoms with van der Waals surface area (Å²) < 4.78 is 0. The van der Waals surface area contributed by atoms with Gasteiger partial charge in [-0.25, -0.2) is 0 Å². The topological polar surface area (TPSA) is 34.1 Å². The lowest BCUT2D eigenvalue weighted by molar-refractivity contribution is -0.125. The minimum absolute atomic E-state index is 0.192. The smallest absolute Gasteiger partial charge is 0.155 e. The van der Waals surface area contributed by atoms with Crippen molar-refractivity contribution < 1.29 is 9.59 Å². The van der Waals surface area contributed by atoms with E-state index in [1.54, 1.807) is 6.08 Å². The van der Waals surface area contributed by atoms with Crippen LogP contribution in [0.2, 0.25) is 0 Å². The summed E-state index contributed by atoms with van der Waals surface area (Å²) in [5.74, 6) is 0.512. The highest BCUT2D eigenvalue weighted by Crippen LogP contribution is 2.45. The molecule has 0 aromatic carbocycles. The van der Waals surface area contributed by atoms with Gasteiger partial charge in [0.15, 0.2) is 5.78 Å². The Morgan fingerprint density at radius 1 is 1.25 bits per heavy atom. The van der Waals surface area contributed by atoms with E-state index in [2.05, 4.69) is 0 Å². The molecular weight excluding hydrogens is 152 g/mol. The van der Waals surface area contributed by atoms with E-state index < -0.39 is 0 Å². The van der Waals surface area contributed by atoms with Gasteiger partial charge in [0.1, 0.15) is 5.78 Å². The van der Waals surface area contributed by atoms with Gasteiger partial charge in [-0.15, -0.1) is 0 Å². The van der Waals surface area contributed by atoms with Crippen molar-refractivity contribution in [1.29, 1.82) is 0 Å². The molecule has 2 rings (SSSR count). The molecule has 1 unspecified atom stereocenters. The zero-order chi connectivity index (χ0) is 8.77. The first-order valence-electron chi connectivity index (χ1n) is 4.40. The number of carbonyl (C=O) groups excluding carboxylic acids is 2. The molecule has 0 N–H and O–H groups in total. The van der Waals surface area contributed by atoms with E-state index >= 15 is 0 Å². The van der Waals surface area contributed by atoms with Gasteiger partial charge in [-0.05, 0) is 25.8 Å².